The predicted molar refractivity (Wildman–Crippen MR) is 58.1 cm³/mol. The van der Waals surface area contributed by atoms with Crippen LogP contribution in [-0.2, 0) is 4.79 Å². The number of Topliss-reactive ketones (excluding diaryl/α,β-unsaturated/α-hetero) is 1. The van der Waals surface area contributed by atoms with Crippen molar-refractivity contribution in [3.63, 3.8) is 0 Å². The van der Waals surface area contributed by atoms with Gasteiger partial charge < -0.3 is 5.21 Å². The second-order valence-electron chi connectivity index (χ2n) is 3.53. The number of ketones is 1. The van der Waals surface area contributed by atoms with Gasteiger partial charge in [-0.1, -0.05) is 35.5 Å². The third kappa shape index (κ3) is 1.56. The van der Waals surface area contributed by atoms with Gasteiger partial charge in [-0.25, -0.2) is 0 Å². The highest BCUT2D eigenvalue weighted by Crippen LogP contribution is 2.28. The SMILES string of the molecule is CC(=O)C1/C(=N/O)C=Cc2ccccc21. The summed E-state index contributed by atoms with van der Waals surface area (Å²) in [6.45, 7) is 1.51. The minimum Gasteiger partial charge on any atom is -0.411 e. The van der Waals surface area contributed by atoms with Gasteiger partial charge in [0.15, 0.2) is 0 Å². The first-order valence-corrected chi connectivity index (χ1v) is 4.73. The number of nitrogens with zero attached hydrogens (tertiary/aromatic N) is 1. The standard InChI is InChI=1S/C12H11NO2/c1-8(14)12-10-5-3-2-4-9(10)6-7-11(12)13-15/h2-7,12,15H,1H3/b13-11+. The number of oxime groups is 1. The average molecular weight is 201 g/mol. The van der Waals surface area contributed by atoms with Crippen LogP contribution in [0.2, 0.25) is 0 Å². The minimum absolute atomic E-state index is 0.0143. The Morgan fingerprint density at radius 1 is 1.33 bits per heavy atom. The van der Waals surface area contributed by atoms with E-state index in [9.17, 15) is 4.79 Å². The van der Waals surface area contributed by atoms with Crippen LogP contribution in [0.1, 0.15) is 24.0 Å². The summed E-state index contributed by atoms with van der Waals surface area (Å²) in [5.41, 5.74) is 2.31. The second kappa shape index (κ2) is 3.69. The largest absolute Gasteiger partial charge is 0.411 e. The zero-order chi connectivity index (χ0) is 10.8. The molecule has 0 fully saturated rings. The molecule has 0 heterocycles. The first-order chi connectivity index (χ1) is 7.24. The van der Waals surface area contributed by atoms with E-state index in [2.05, 4.69) is 5.16 Å². The molecule has 2 rings (SSSR count). The molecule has 76 valence electrons. The van der Waals surface area contributed by atoms with Crippen molar-refractivity contribution in [1.29, 1.82) is 0 Å². The van der Waals surface area contributed by atoms with E-state index in [1.807, 2.05) is 30.3 Å². The molecule has 1 aromatic carbocycles. The fourth-order valence-electron chi connectivity index (χ4n) is 1.87. The zero-order valence-electron chi connectivity index (χ0n) is 8.34. The van der Waals surface area contributed by atoms with Crippen molar-refractivity contribution in [1.82, 2.24) is 0 Å². The Bertz CT molecular complexity index is 460. The van der Waals surface area contributed by atoms with E-state index in [1.165, 1.54) is 6.92 Å². The Kier molecular flexibility index (Phi) is 2.37. The highest BCUT2D eigenvalue weighted by molar-refractivity contribution is 6.17. The van der Waals surface area contributed by atoms with E-state index < -0.39 is 5.92 Å². The molecule has 3 heteroatoms. The van der Waals surface area contributed by atoms with E-state index >= 15 is 0 Å². The lowest BCUT2D eigenvalue weighted by Gasteiger charge is -2.19. The lowest BCUT2D eigenvalue weighted by molar-refractivity contribution is -0.117. The lowest BCUT2D eigenvalue weighted by Crippen LogP contribution is -2.21. The second-order valence-corrected chi connectivity index (χ2v) is 3.53. The molecule has 0 spiro atoms. The summed E-state index contributed by atoms with van der Waals surface area (Å²) >= 11 is 0. The van der Waals surface area contributed by atoms with Crippen molar-refractivity contribution in [2.45, 2.75) is 12.8 Å². The Morgan fingerprint density at radius 2 is 2.07 bits per heavy atom. The van der Waals surface area contributed by atoms with Crippen LogP contribution >= 0.6 is 0 Å². The molecule has 3 nitrogen and oxygen atoms in total. The van der Waals surface area contributed by atoms with E-state index in [0.29, 0.717) is 5.71 Å². The summed E-state index contributed by atoms with van der Waals surface area (Å²) in [6, 6.07) is 7.62. The number of allylic oxidation sites excluding steroid dienone is 1. The molecule has 1 aliphatic rings. The van der Waals surface area contributed by atoms with Gasteiger partial charge >= 0.3 is 0 Å². The lowest BCUT2D eigenvalue weighted by atomic mass is 9.83. The molecule has 1 unspecified atom stereocenters. The molecule has 15 heavy (non-hydrogen) atoms. The van der Waals surface area contributed by atoms with E-state index in [4.69, 9.17) is 5.21 Å². The highest BCUT2D eigenvalue weighted by atomic mass is 16.4. The van der Waals surface area contributed by atoms with Crippen molar-refractivity contribution in [2.75, 3.05) is 0 Å². The summed E-state index contributed by atoms with van der Waals surface area (Å²) in [7, 11) is 0. The van der Waals surface area contributed by atoms with Gasteiger partial charge in [0, 0.05) is 0 Å². The molecule has 1 N–H and O–H groups in total. The number of carbonyl (C=O) groups is 1. The molecule has 0 amide bonds. The topological polar surface area (TPSA) is 49.7 Å². The quantitative estimate of drug-likeness (QED) is 0.559. The van der Waals surface area contributed by atoms with Crippen molar-refractivity contribution in [3.8, 4) is 0 Å². The molecular formula is C12H11NO2. The average Bonchev–Trinajstić information content (AvgIpc) is 2.27. The van der Waals surface area contributed by atoms with Crippen molar-refractivity contribution >= 4 is 17.6 Å². The number of rotatable bonds is 1. The molecule has 0 radical (unpaired) electrons. The maximum Gasteiger partial charge on any atom is 0.143 e. The molecule has 0 bridgehead atoms. The maximum atomic E-state index is 11.5. The van der Waals surface area contributed by atoms with Gasteiger partial charge in [0.25, 0.3) is 0 Å². The number of carbonyl (C=O) groups excluding carboxylic acids is 1. The van der Waals surface area contributed by atoms with Gasteiger partial charge in [-0.05, 0) is 24.1 Å². The van der Waals surface area contributed by atoms with Crippen LogP contribution in [0.3, 0.4) is 0 Å². The predicted octanol–water partition coefficient (Wildman–Crippen LogP) is 2.22. The van der Waals surface area contributed by atoms with Gasteiger partial charge in [-0.3, -0.25) is 4.79 Å². The molecule has 0 saturated heterocycles. The summed E-state index contributed by atoms with van der Waals surface area (Å²) in [6.07, 6.45) is 3.53. The van der Waals surface area contributed by atoms with Crippen LogP contribution < -0.4 is 0 Å². The molecule has 1 aliphatic carbocycles. The molecule has 0 aliphatic heterocycles. The van der Waals surface area contributed by atoms with E-state index in [0.717, 1.165) is 11.1 Å². The summed E-state index contributed by atoms with van der Waals surface area (Å²) in [5, 5.41) is 12.0. The summed E-state index contributed by atoms with van der Waals surface area (Å²) in [4.78, 5) is 11.5. The molecular weight excluding hydrogens is 190 g/mol. The highest BCUT2D eigenvalue weighted by Gasteiger charge is 2.26. The monoisotopic (exact) mass is 201 g/mol. The Hall–Kier alpha value is -1.90. The van der Waals surface area contributed by atoms with Crippen LogP contribution in [0.4, 0.5) is 0 Å². The van der Waals surface area contributed by atoms with Crippen LogP contribution in [0.25, 0.3) is 6.08 Å². The molecule has 1 aromatic rings. The first-order valence-electron chi connectivity index (χ1n) is 4.73. The van der Waals surface area contributed by atoms with Crippen molar-refractivity contribution in [3.05, 3.63) is 41.5 Å². The first kappa shape index (κ1) is 9.65. The Morgan fingerprint density at radius 3 is 2.73 bits per heavy atom. The third-order valence-electron chi connectivity index (χ3n) is 2.56. The van der Waals surface area contributed by atoms with Crippen LogP contribution in [0, 0.1) is 0 Å². The van der Waals surface area contributed by atoms with Gasteiger partial charge in [0.1, 0.15) is 5.78 Å². The Labute approximate surface area is 87.7 Å². The summed E-state index contributed by atoms with van der Waals surface area (Å²) in [5.74, 6) is -0.448. The van der Waals surface area contributed by atoms with Crippen LogP contribution in [0.15, 0.2) is 35.5 Å². The third-order valence-corrected chi connectivity index (χ3v) is 2.56. The minimum atomic E-state index is -0.434. The van der Waals surface area contributed by atoms with Crippen molar-refractivity contribution in [2.24, 2.45) is 5.16 Å². The fraction of sp³-hybridized carbons (Fsp3) is 0.167. The van der Waals surface area contributed by atoms with Gasteiger partial charge in [-0.15, -0.1) is 0 Å². The van der Waals surface area contributed by atoms with Gasteiger partial charge in [-0.2, -0.15) is 0 Å². The smallest absolute Gasteiger partial charge is 0.143 e. The number of benzene rings is 1. The number of hydrogen-bond donors (Lipinski definition) is 1. The molecule has 0 saturated carbocycles. The van der Waals surface area contributed by atoms with Gasteiger partial charge in [0.2, 0.25) is 0 Å². The maximum absolute atomic E-state index is 11.5. The molecule has 1 atom stereocenters. The number of hydrogen-bond acceptors (Lipinski definition) is 3. The normalized spacial score (nSPS) is 21.4. The van der Waals surface area contributed by atoms with Crippen molar-refractivity contribution < 1.29 is 10.0 Å². The van der Waals surface area contributed by atoms with E-state index in [1.54, 1.807) is 6.08 Å². The van der Waals surface area contributed by atoms with Gasteiger partial charge in [0.05, 0.1) is 11.6 Å². The summed E-state index contributed by atoms with van der Waals surface area (Å²) < 4.78 is 0. The molecule has 0 aromatic heterocycles. The fourth-order valence-corrected chi connectivity index (χ4v) is 1.87. The zero-order valence-corrected chi connectivity index (χ0v) is 8.34. The van der Waals surface area contributed by atoms with Crippen LogP contribution in [0.5, 0.6) is 0 Å². The van der Waals surface area contributed by atoms with E-state index in [-0.39, 0.29) is 5.78 Å². The Balaban J connectivity index is 2.59. The number of fused-ring (bicyclic) bond motifs is 1. The van der Waals surface area contributed by atoms with Crippen LogP contribution in [-0.4, -0.2) is 16.7 Å².